The molecule has 0 bridgehead atoms. The average molecular weight is 306 g/mol. The standard InChI is InChI=1S/C15H19ClF3N/c1-9-4-3-5-10(2)14(9)20-13-7-6-11(8-12(13)16)15(17,18)19/h6-10,14,20H,3-5H2,1-2H3. The second-order valence-corrected chi connectivity index (χ2v) is 6.16. The fraction of sp³-hybridized carbons (Fsp3) is 0.600. The van der Waals surface area contributed by atoms with Crippen molar-refractivity contribution in [2.45, 2.75) is 45.3 Å². The largest absolute Gasteiger partial charge is 0.416 e. The number of rotatable bonds is 2. The first kappa shape index (κ1) is 15.5. The van der Waals surface area contributed by atoms with Crippen LogP contribution in [0, 0.1) is 11.8 Å². The van der Waals surface area contributed by atoms with E-state index < -0.39 is 11.7 Å². The Hall–Kier alpha value is -0.900. The zero-order valence-corrected chi connectivity index (χ0v) is 12.4. The summed E-state index contributed by atoms with van der Waals surface area (Å²) in [5.41, 5.74) is -0.122. The minimum absolute atomic E-state index is 0.129. The number of nitrogens with one attached hydrogen (secondary N) is 1. The van der Waals surface area contributed by atoms with Crippen molar-refractivity contribution in [3.63, 3.8) is 0 Å². The van der Waals surface area contributed by atoms with E-state index in [2.05, 4.69) is 19.2 Å². The van der Waals surface area contributed by atoms with Gasteiger partial charge in [0.2, 0.25) is 0 Å². The highest BCUT2D eigenvalue weighted by molar-refractivity contribution is 6.33. The topological polar surface area (TPSA) is 12.0 Å². The summed E-state index contributed by atoms with van der Waals surface area (Å²) in [4.78, 5) is 0. The van der Waals surface area contributed by atoms with Crippen molar-refractivity contribution in [3.8, 4) is 0 Å². The maximum Gasteiger partial charge on any atom is 0.416 e. The fourth-order valence-electron chi connectivity index (χ4n) is 2.95. The normalized spacial score (nSPS) is 27.4. The molecule has 1 aromatic carbocycles. The Morgan fingerprint density at radius 1 is 1.15 bits per heavy atom. The number of benzene rings is 1. The molecule has 0 spiro atoms. The lowest BCUT2D eigenvalue weighted by Crippen LogP contribution is -2.37. The first-order chi connectivity index (χ1) is 9.29. The van der Waals surface area contributed by atoms with E-state index in [1.165, 1.54) is 12.5 Å². The highest BCUT2D eigenvalue weighted by atomic mass is 35.5. The van der Waals surface area contributed by atoms with Crippen molar-refractivity contribution in [1.29, 1.82) is 0 Å². The van der Waals surface area contributed by atoms with Crippen LogP contribution in [0.5, 0.6) is 0 Å². The lowest BCUT2D eigenvalue weighted by atomic mass is 9.78. The summed E-state index contributed by atoms with van der Waals surface area (Å²) in [6.07, 6.45) is -0.866. The van der Waals surface area contributed by atoms with Crippen LogP contribution in [0.15, 0.2) is 18.2 Å². The zero-order chi connectivity index (χ0) is 14.9. The molecule has 1 N–H and O–H groups in total. The summed E-state index contributed by atoms with van der Waals surface area (Å²) < 4.78 is 37.8. The molecule has 0 amide bonds. The van der Waals surface area contributed by atoms with E-state index in [9.17, 15) is 13.2 Å². The Balaban J connectivity index is 2.17. The van der Waals surface area contributed by atoms with Gasteiger partial charge in [0, 0.05) is 6.04 Å². The number of hydrogen-bond donors (Lipinski definition) is 1. The maximum absolute atomic E-state index is 12.6. The molecule has 1 aliphatic rings. The molecule has 1 aromatic rings. The van der Waals surface area contributed by atoms with Crippen molar-refractivity contribution in [3.05, 3.63) is 28.8 Å². The molecule has 1 aliphatic carbocycles. The summed E-state index contributed by atoms with van der Waals surface area (Å²) in [6, 6.07) is 3.76. The second kappa shape index (κ2) is 5.84. The van der Waals surface area contributed by atoms with E-state index in [1.54, 1.807) is 0 Å². The van der Waals surface area contributed by atoms with Gasteiger partial charge in [0.15, 0.2) is 0 Å². The Morgan fingerprint density at radius 3 is 2.25 bits per heavy atom. The Kier molecular flexibility index (Phi) is 4.52. The molecule has 0 aliphatic heterocycles. The number of anilines is 1. The van der Waals surface area contributed by atoms with Crippen LogP contribution >= 0.6 is 11.6 Å². The van der Waals surface area contributed by atoms with E-state index in [0.29, 0.717) is 17.5 Å². The molecule has 2 rings (SSSR count). The monoisotopic (exact) mass is 305 g/mol. The Labute approximate surface area is 122 Å². The third-order valence-electron chi connectivity index (χ3n) is 4.16. The van der Waals surface area contributed by atoms with Gasteiger partial charge in [0.05, 0.1) is 16.3 Å². The van der Waals surface area contributed by atoms with Gasteiger partial charge in [-0.3, -0.25) is 0 Å². The molecule has 5 heteroatoms. The van der Waals surface area contributed by atoms with Crippen LogP contribution < -0.4 is 5.32 Å². The van der Waals surface area contributed by atoms with E-state index in [0.717, 1.165) is 25.0 Å². The summed E-state index contributed by atoms with van der Waals surface area (Å²) in [6.45, 7) is 4.34. The molecule has 1 nitrogen and oxygen atoms in total. The average Bonchev–Trinajstić information content (AvgIpc) is 2.34. The summed E-state index contributed by atoms with van der Waals surface area (Å²) in [5.74, 6) is 0.995. The van der Waals surface area contributed by atoms with Gasteiger partial charge >= 0.3 is 6.18 Å². The predicted molar refractivity (Wildman–Crippen MR) is 76.0 cm³/mol. The Morgan fingerprint density at radius 2 is 1.75 bits per heavy atom. The molecule has 2 atom stereocenters. The number of hydrogen-bond acceptors (Lipinski definition) is 1. The fourth-order valence-corrected chi connectivity index (χ4v) is 3.19. The van der Waals surface area contributed by atoms with E-state index >= 15 is 0 Å². The van der Waals surface area contributed by atoms with Crippen molar-refractivity contribution in [2.24, 2.45) is 11.8 Å². The number of halogens is 4. The molecule has 0 aromatic heterocycles. The summed E-state index contributed by atoms with van der Waals surface area (Å²) in [5, 5.41) is 3.46. The highest BCUT2D eigenvalue weighted by Gasteiger charge is 2.32. The van der Waals surface area contributed by atoms with Gasteiger partial charge in [0.1, 0.15) is 0 Å². The summed E-state index contributed by atoms with van der Waals surface area (Å²) in [7, 11) is 0. The second-order valence-electron chi connectivity index (χ2n) is 5.75. The molecule has 112 valence electrons. The lowest BCUT2D eigenvalue weighted by molar-refractivity contribution is -0.137. The highest BCUT2D eigenvalue weighted by Crippen LogP contribution is 2.36. The van der Waals surface area contributed by atoms with Crippen molar-refractivity contribution in [1.82, 2.24) is 0 Å². The maximum atomic E-state index is 12.6. The van der Waals surface area contributed by atoms with Crippen LogP contribution in [0.3, 0.4) is 0 Å². The number of alkyl halides is 3. The van der Waals surface area contributed by atoms with Gasteiger partial charge in [-0.15, -0.1) is 0 Å². The van der Waals surface area contributed by atoms with Gasteiger partial charge in [-0.05, 0) is 42.9 Å². The van der Waals surface area contributed by atoms with Gasteiger partial charge in [-0.2, -0.15) is 13.2 Å². The van der Waals surface area contributed by atoms with Crippen LogP contribution in [0.2, 0.25) is 5.02 Å². The van der Waals surface area contributed by atoms with Crippen LogP contribution in [-0.2, 0) is 6.18 Å². The quantitative estimate of drug-likeness (QED) is 0.750. The van der Waals surface area contributed by atoms with Crippen LogP contribution in [0.25, 0.3) is 0 Å². The van der Waals surface area contributed by atoms with Crippen LogP contribution in [0.4, 0.5) is 18.9 Å². The molecule has 2 unspecified atom stereocenters. The molecular formula is C15H19ClF3N. The molecule has 0 radical (unpaired) electrons. The molecule has 0 saturated heterocycles. The van der Waals surface area contributed by atoms with Crippen molar-refractivity contribution >= 4 is 17.3 Å². The van der Waals surface area contributed by atoms with Crippen LogP contribution in [0.1, 0.15) is 38.7 Å². The molecular weight excluding hydrogens is 287 g/mol. The van der Waals surface area contributed by atoms with Crippen molar-refractivity contribution < 1.29 is 13.2 Å². The first-order valence-electron chi connectivity index (χ1n) is 6.92. The third-order valence-corrected chi connectivity index (χ3v) is 4.48. The van der Waals surface area contributed by atoms with Gasteiger partial charge in [-0.25, -0.2) is 0 Å². The molecule has 0 heterocycles. The van der Waals surface area contributed by atoms with Gasteiger partial charge in [-0.1, -0.05) is 31.9 Å². The van der Waals surface area contributed by atoms with E-state index in [1.807, 2.05) is 0 Å². The van der Waals surface area contributed by atoms with E-state index in [-0.39, 0.29) is 11.1 Å². The minimum Gasteiger partial charge on any atom is -0.381 e. The Bertz CT molecular complexity index is 463. The van der Waals surface area contributed by atoms with Crippen LogP contribution in [-0.4, -0.2) is 6.04 Å². The molecule has 20 heavy (non-hydrogen) atoms. The van der Waals surface area contributed by atoms with Gasteiger partial charge in [0.25, 0.3) is 0 Å². The lowest BCUT2D eigenvalue weighted by Gasteiger charge is -2.36. The third kappa shape index (κ3) is 3.40. The smallest absolute Gasteiger partial charge is 0.381 e. The van der Waals surface area contributed by atoms with Gasteiger partial charge < -0.3 is 5.32 Å². The van der Waals surface area contributed by atoms with Crippen molar-refractivity contribution in [2.75, 3.05) is 5.32 Å². The summed E-state index contributed by atoms with van der Waals surface area (Å²) >= 11 is 5.99. The predicted octanol–water partition coefficient (Wildman–Crippen LogP) is 5.60. The van der Waals surface area contributed by atoms with E-state index in [4.69, 9.17) is 11.6 Å². The zero-order valence-electron chi connectivity index (χ0n) is 11.6. The molecule has 1 fully saturated rings. The first-order valence-corrected chi connectivity index (χ1v) is 7.30. The molecule has 1 saturated carbocycles. The SMILES string of the molecule is CC1CCCC(C)C1Nc1ccc(C(F)(F)F)cc1Cl. The minimum atomic E-state index is -4.35.